The highest BCUT2D eigenvalue weighted by Gasteiger charge is 2.50. The Morgan fingerprint density at radius 3 is 1.32 bits per heavy atom. The van der Waals surface area contributed by atoms with E-state index < -0.39 is 8.07 Å². The first-order valence-electron chi connectivity index (χ1n) is 22.0. The third-order valence-electron chi connectivity index (χ3n) is 13.6. The maximum Gasteiger partial charge on any atom is 0.184 e. The van der Waals surface area contributed by atoms with Gasteiger partial charge in [0, 0.05) is 35.6 Å². The van der Waals surface area contributed by atoms with E-state index in [1.165, 1.54) is 48.0 Å². The summed E-state index contributed by atoms with van der Waals surface area (Å²) in [5.74, 6) is 3.28. The molecular weight excluding hydrogens is 813 g/mol. The quantitative estimate of drug-likeness (QED) is 0.130. The summed E-state index contributed by atoms with van der Waals surface area (Å²) in [6.07, 6.45) is 7.87. The summed E-state index contributed by atoms with van der Waals surface area (Å²) in [6.45, 7) is 0. The monoisotopic (exact) mass is 848 g/mol. The predicted octanol–water partition coefficient (Wildman–Crippen LogP) is 12.4. The minimum absolute atomic E-state index is 0.809. The molecule has 2 aromatic heterocycles. The second-order valence-corrected chi connectivity index (χ2v) is 20.6. The zero-order valence-electron chi connectivity index (χ0n) is 34.9. The Balaban J connectivity index is 1.06. The van der Waals surface area contributed by atoms with Gasteiger partial charge in [0.2, 0.25) is 0 Å². The SMILES string of the molecule is c1cncc([Si]2(c3cccnc3)c3ccccc3-c3cc4c(cc32)N(c2cc3c5ccccc5c(N5c6ccccc6Oc6ccccc65)cc3c3ccccc23)c2ccccc2O4)c1. The van der Waals surface area contributed by atoms with Gasteiger partial charge in [-0.2, -0.15) is 0 Å². The molecule has 5 heterocycles. The number of benzene rings is 9. The van der Waals surface area contributed by atoms with Crippen molar-refractivity contribution in [3.05, 3.63) is 219 Å². The molecule has 6 nitrogen and oxygen atoms in total. The van der Waals surface area contributed by atoms with Crippen LogP contribution in [-0.4, -0.2) is 18.0 Å². The summed E-state index contributed by atoms with van der Waals surface area (Å²) in [7, 11) is -2.94. The standard InChI is InChI=1S/C58H36N4O2Si/c1-3-19-41-39(17-1)45-32-51(42-20-4-2-18-40(42)44(45)31-50(41)61-47-22-6-9-25-53(47)63-54-26-10-7-23-48(54)61)62-49-24-8-11-27-55(49)64-56-33-46-43-21-5-12-28-57(43)65(58(46)34-52(56)62,37-15-13-29-59-35-37)38-16-14-30-60-36-38/h1-36H. The van der Waals surface area contributed by atoms with Gasteiger partial charge in [-0.3, -0.25) is 9.97 Å². The molecule has 0 aliphatic carbocycles. The second kappa shape index (κ2) is 13.7. The first kappa shape index (κ1) is 36.0. The molecule has 0 radical (unpaired) electrons. The van der Waals surface area contributed by atoms with Crippen molar-refractivity contribution in [2.24, 2.45) is 0 Å². The summed E-state index contributed by atoms with van der Waals surface area (Å²) in [5.41, 5.74) is 8.57. The molecule has 14 rings (SSSR count). The van der Waals surface area contributed by atoms with Gasteiger partial charge >= 0.3 is 0 Å². The van der Waals surface area contributed by atoms with Crippen molar-refractivity contribution in [3.63, 3.8) is 0 Å². The highest BCUT2D eigenvalue weighted by molar-refractivity contribution is 7.22. The van der Waals surface area contributed by atoms with Crippen LogP contribution in [0.5, 0.6) is 23.0 Å². The summed E-state index contributed by atoms with van der Waals surface area (Å²) in [6, 6.07) is 69.8. The van der Waals surface area contributed by atoms with Gasteiger partial charge in [0.15, 0.2) is 31.1 Å². The zero-order valence-corrected chi connectivity index (χ0v) is 35.9. The van der Waals surface area contributed by atoms with Crippen molar-refractivity contribution in [2.45, 2.75) is 0 Å². The average molecular weight is 849 g/mol. The van der Waals surface area contributed by atoms with Crippen LogP contribution >= 0.6 is 0 Å². The number of ether oxygens (including phenoxy) is 2. The van der Waals surface area contributed by atoms with Crippen LogP contribution < -0.4 is 40.0 Å². The number of aromatic nitrogens is 2. The lowest BCUT2D eigenvalue weighted by molar-refractivity contribution is 0.477. The van der Waals surface area contributed by atoms with Crippen molar-refractivity contribution in [2.75, 3.05) is 9.80 Å². The zero-order chi connectivity index (χ0) is 42.6. The number of pyridine rings is 2. The average Bonchev–Trinajstić information content (AvgIpc) is 3.66. The maximum atomic E-state index is 6.99. The maximum absolute atomic E-state index is 6.99. The van der Waals surface area contributed by atoms with E-state index in [-0.39, 0.29) is 0 Å². The summed E-state index contributed by atoms with van der Waals surface area (Å²) < 4.78 is 13.5. The van der Waals surface area contributed by atoms with Crippen molar-refractivity contribution in [1.29, 1.82) is 0 Å². The van der Waals surface area contributed by atoms with Crippen molar-refractivity contribution in [3.8, 4) is 34.1 Å². The summed E-state index contributed by atoms with van der Waals surface area (Å²) in [5, 5.41) is 12.0. The number of fused-ring (bicyclic) bond motifs is 12. The molecule has 0 spiro atoms. The van der Waals surface area contributed by atoms with Gasteiger partial charge in [0.1, 0.15) is 0 Å². The van der Waals surface area contributed by atoms with Crippen LogP contribution in [0.1, 0.15) is 0 Å². The number of hydrogen-bond acceptors (Lipinski definition) is 6. The van der Waals surface area contributed by atoms with Crippen LogP contribution in [-0.2, 0) is 0 Å². The van der Waals surface area contributed by atoms with E-state index >= 15 is 0 Å². The molecule has 9 aromatic carbocycles. The highest BCUT2D eigenvalue weighted by atomic mass is 28.3. The van der Waals surface area contributed by atoms with Gasteiger partial charge in [-0.1, -0.05) is 121 Å². The topological polar surface area (TPSA) is 50.7 Å². The van der Waals surface area contributed by atoms with Gasteiger partial charge in [-0.25, -0.2) is 0 Å². The van der Waals surface area contributed by atoms with E-state index in [0.717, 1.165) is 73.3 Å². The fraction of sp³-hybridized carbons (Fsp3) is 0. The van der Waals surface area contributed by atoms with Crippen LogP contribution in [0.4, 0.5) is 34.1 Å². The van der Waals surface area contributed by atoms with E-state index in [2.05, 4.69) is 204 Å². The van der Waals surface area contributed by atoms with Gasteiger partial charge in [0.05, 0.1) is 34.1 Å². The normalized spacial score (nSPS) is 13.8. The number of anilines is 6. The molecule has 0 unspecified atom stereocenters. The Labute approximate surface area is 375 Å². The third kappa shape index (κ3) is 5.04. The van der Waals surface area contributed by atoms with E-state index in [1.807, 2.05) is 24.5 Å². The van der Waals surface area contributed by atoms with Crippen LogP contribution in [0.15, 0.2) is 219 Å². The third-order valence-corrected chi connectivity index (χ3v) is 18.4. The van der Waals surface area contributed by atoms with E-state index in [9.17, 15) is 0 Å². The fourth-order valence-electron chi connectivity index (χ4n) is 11.0. The predicted molar refractivity (Wildman–Crippen MR) is 267 cm³/mol. The molecule has 0 fully saturated rings. The number of para-hydroxylation sites is 6. The number of rotatable bonds is 4. The summed E-state index contributed by atoms with van der Waals surface area (Å²) >= 11 is 0. The van der Waals surface area contributed by atoms with Gasteiger partial charge in [-0.05, 0) is 126 Å². The molecule has 7 heteroatoms. The van der Waals surface area contributed by atoms with Crippen LogP contribution in [0, 0.1) is 0 Å². The molecule has 65 heavy (non-hydrogen) atoms. The van der Waals surface area contributed by atoms with Crippen molar-refractivity contribution < 1.29 is 9.47 Å². The molecule has 0 N–H and O–H groups in total. The largest absolute Gasteiger partial charge is 0.453 e. The molecule has 0 saturated carbocycles. The highest BCUT2D eigenvalue weighted by Crippen LogP contribution is 2.56. The Morgan fingerprint density at radius 1 is 0.323 bits per heavy atom. The first-order valence-corrected chi connectivity index (χ1v) is 24.0. The lowest BCUT2D eigenvalue weighted by Gasteiger charge is -2.36. The number of hydrogen-bond donors (Lipinski definition) is 0. The number of nitrogens with zero attached hydrogens (tertiary/aromatic N) is 4. The molecule has 0 amide bonds. The van der Waals surface area contributed by atoms with Crippen LogP contribution in [0.3, 0.4) is 0 Å². The minimum atomic E-state index is -2.94. The fourth-order valence-corrected chi connectivity index (χ4v) is 16.0. The second-order valence-electron chi connectivity index (χ2n) is 16.9. The molecule has 3 aliphatic rings. The van der Waals surface area contributed by atoms with E-state index in [1.54, 1.807) is 0 Å². The Kier molecular flexibility index (Phi) is 7.61. The molecule has 0 atom stereocenters. The van der Waals surface area contributed by atoms with Gasteiger partial charge < -0.3 is 19.3 Å². The first-order chi connectivity index (χ1) is 32.3. The minimum Gasteiger partial charge on any atom is -0.453 e. The summed E-state index contributed by atoms with van der Waals surface area (Å²) in [4.78, 5) is 14.3. The van der Waals surface area contributed by atoms with Crippen molar-refractivity contribution >= 4 is 95.3 Å². The van der Waals surface area contributed by atoms with E-state index in [4.69, 9.17) is 19.4 Å². The molecule has 11 aromatic rings. The lowest BCUT2D eigenvalue weighted by Crippen LogP contribution is -2.73. The Morgan fingerprint density at radius 2 is 0.785 bits per heavy atom. The van der Waals surface area contributed by atoms with Crippen molar-refractivity contribution in [1.82, 2.24) is 9.97 Å². The Bertz CT molecular complexity index is 3680. The van der Waals surface area contributed by atoms with E-state index in [0.29, 0.717) is 0 Å². The van der Waals surface area contributed by atoms with Crippen LogP contribution in [0.25, 0.3) is 43.4 Å². The molecular formula is C58H36N4O2Si. The molecule has 304 valence electrons. The molecule has 0 bridgehead atoms. The molecule has 0 saturated heterocycles. The van der Waals surface area contributed by atoms with Gasteiger partial charge in [-0.15, -0.1) is 0 Å². The molecule has 3 aliphatic heterocycles. The lowest BCUT2D eigenvalue weighted by atomic mass is 9.93. The van der Waals surface area contributed by atoms with Crippen LogP contribution in [0.2, 0.25) is 0 Å². The Hall–Kier alpha value is -8.52. The van der Waals surface area contributed by atoms with Gasteiger partial charge in [0.25, 0.3) is 0 Å². The smallest absolute Gasteiger partial charge is 0.184 e.